The van der Waals surface area contributed by atoms with Crippen molar-refractivity contribution in [1.29, 1.82) is 0 Å². The summed E-state index contributed by atoms with van der Waals surface area (Å²) < 4.78 is 18.7. The van der Waals surface area contributed by atoms with Gasteiger partial charge in [0.15, 0.2) is 0 Å². The number of hydrogen-bond acceptors (Lipinski definition) is 4. The molecule has 156 valence electrons. The van der Waals surface area contributed by atoms with Gasteiger partial charge in [-0.1, -0.05) is 25.3 Å². The monoisotopic (exact) mass is 397 g/mol. The minimum atomic E-state index is 0.0149. The molecule has 1 aliphatic carbocycles. The number of nitrogens with zero attached hydrogens (tertiary/aromatic N) is 1. The van der Waals surface area contributed by atoms with Crippen molar-refractivity contribution in [2.45, 2.75) is 58.3 Å². The van der Waals surface area contributed by atoms with E-state index in [0.29, 0.717) is 38.0 Å². The van der Waals surface area contributed by atoms with E-state index in [-0.39, 0.29) is 5.56 Å². The molecule has 1 aliphatic heterocycles. The lowest BCUT2D eigenvalue weighted by atomic mass is 9.90. The minimum Gasteiger partial charge on any atom is -0.493 e. The van der Waals surface area contributed by atoms with Gasteiger partial charge in [-0.2, -0.15) is 0 Å². The van der Waals surface area contributed by atoms with Crippen LogP contribution in [0.25, 0.3) is 11.3 Å². The molecule has 0 spiro atoms. The average molecular weight is 398 g/mol. The van der Waals surface area contributed by atoms with Gasteiger partial charge in [0.2, 0.25) is 0 Å². The lowest BCUT2D eigenvalue weighted by Crippen LogP contribution is -2.26. The van der Waals surface area contributed by atoms with Crippen LogP contribution in [0.3, 0.4) is 0 Å². The molecule has 2 aliphatic rings. The molecule has 0 atom stereocenters. The topological polar surface area (TPSA) is 49.7 Å². The number of pyridine rings is 1. The molecule has 1 saturated carbocycles. The third-order valence-electron chi connectivity index (χ3n) is 6.22. The highest BCUT2D eigenvalue weighted by molar-refractivity contribution is 5.69. The fourth-order valence-electron chi connectivity index (χ4n) is 4.68. The molecule has 1 aromatic carbocycles. The maximum absolute atomic E-state index is 12.8. The Balaban J connectivity index is 1.66. The van der Waals surface area contributed by atoms with Gasteiger partial charge in [0.25, 0.3) is 5.56 Å². The smallest absolute Gasteiger partial charge is 0.254 e. The molecule has 0 unspecified atom stereocenters. The molecule has 0 bridgehead atoms. The highest BCUT2D eigenvalue weighted by Crippen LogP contribution is 2.33. The number of aryl methyl sites for hydroxylation is 1. The second-order valence-corrected chi connectivity index (χ2v) is 8.28. The minimum absolute atomic E-state index is 0.0149. The summed E-state index contributed by atoms with van der Waals surface area (Å²) in [5, 5.41) is 0. The third kappa shape index (κ3) is 4.41. The number of aromatic nitrogens is 1. The Bertz CT molecular complexity index is 912. The van der Waals surface area contributed by atoms with Crippen LogP contribution in [0.4, 0.5) is 0 Å². The van der Waals surface area contributed by atoms with E-state index >= 15 is 0 Å². The molecule has 5 heteroatoms. The number of rotatable bonds is 7. The van der Waals surface area contributed by atoms with Gasteiger partial charge in [0.05, 0.1) is 25.5 Å². The van der Waals surface area contributed by atoms with Crippen molar-refractivity contribution in [3.63, 3.8) is 0 Å². The van der Waals surface area contributed by atoms with Gasteiger partial charge in [-0.3, -0.25) is 4.79 Å². The summed E-state index contributed by atoms with van der Waals surface area (Å²) in [7, 11) is 3.41. The molecule has 0 saturated heterocycles. The highest BCUT2D eigenvalue weighted by atomic mass is 16.5. The van der Waals surface area contributed by atoms with Crippen LogP contribution in [0.1, 0.15) is 48.8 Å². The molecule has 0 amide bonds. The van der Waals surface area contributed by atoms with Crippen molar-refractivity contribution in [3.05, 3.63) is 51.3 Å². The van der Waals surface area contributed by atoms with E-state index in [4.69, 9.17) is 14.2 Å². The first-order valence-corrected chi connectivity index (χ1v) is 10.7. The van der Waals surface area contributed by atoms with Crippen molar-refractivity contribution in [2.75, 3.05) is 20.8 Å². The standard InChI is InChI=1S/C24H31NO4/c1-27-15-19-10-18-8-9-25-23(22(18)11-20(19)16-28-2)12-21(13-24(25)26)29-14-17-6-4-3-5-7-17/h10-13,17H,3-9,14-16H2,1-2H3. The Morgan fingerprint density at radius 1 is 0.966 bits per heavy atom. The zero-order valence-electron chi connectivity index (χ0n) is 17.5. The first-order chi connectivity index (χ1) is 14.2. The zero-order valence-corrected chi connectivity index (χ0v) is 17.5. The number of ether oxygens (including phenoxy) is 3. The summed E-state index contributed by atoms with van der Waals surface area (Å²) in [5.41, 5.74) is 5.56. The molecule has 5 nitrogen and oxygen atoms in total. The van der Waals surface area contributed by atoms with Crippen molar-refractivity contribution < 1.29 is 14.2 Å². The van der Waals surface area contributed by atoms with E-state index in [2.05, 4.69) is 12.1 Å². The van der Waals surface area contributed by atoms with Gasteiger partial charge in [-0.25, -0.2) is 0 Å². The van der Waals surface area contributed by atoms with E-state index in [9.17, 15) is 4.79 Å². The third-order valence-corrected chi connectivity index (χ3v) is 6.22. The van der Waals surface area contributed by atoms with E-state index in [1.807, 2.05) is 10.6 Å². The van der Waals surface area contributed by atoms with Gasteiger partial charge in [-0.05, 0) is 47.9 Å². The Morgan fingerprint density at radius 2 is 1.69 bits per heavy atom. The molecular formula is C24H31NO4. The molecule has 0 N–H and O–H groups in total. The summed E-state index contributed by atoms with van der Waals surface area (Å²) >= 11 is 0. The zero-order chi connectivity index (χ0) is 20.2. The van der Waals surface area contributed by atoms with Crippen molar-refractivity contribution in [3.8, 4) is 17.0 Å². The maximum Gasteiger partial charge on any atom is 0.254 e. The van der Waals surface area contributed by atoms with E-state index < -0.39 is 0 Å². The van der Waals surface area contributed by atoms with Crippen LogP contribution in [0, 0.1) is 5.92 Å². The normalized spacial score (nSPS) is 16.3. The van der Waals surface area contributed by atoms with Gasteiger partial charge in [0.1, 0.15) is 5.75 Å². The second-order valence-electron chi connectivity index (χ2n) is 8.28. The number of hydrogen-bond donors (Lipinski definition) is 0. The molecule has 1 aromatic heterocycles. The highest BCUT2D eigenvalue weighted by Gasteiger charge is 2.21. The SMILES string of the molecule is COCc1cc2c(cc1COC)-c1cc(OCC3CCCCC3)cc(=O)n1CC2. The predicted octanol–water partition coefficient (Wildman–Crippen LogP) is 4.32. The first-order valence-electron chi connectivity index (χ1n) is 10.7. The van der Waals surface area contributed by atoms with Crippen LogP contribution in [0.2, 0.25) is 0 Å². The summed E-state index contributed by atoms with van der Waals surface area (Å²) in [5.74, 6) is 1.30. The largest absolute Gasteiger partial charge is 0.493 e. The molecule has 29 heavy (non-hydrogen) atoms. The fourth-order valence-corrected chi connectivity index (χ4v) is 4.68. The first kappa shape index (κ1) is 20.2. The number of methoxy groups -OCH3 is 2. The fraction of sp³-hybridized carbons (Fsp3) is 0.542. The molecule has 2 aromatic rings. The van der Waals surface area contributed by atoms with Crippen LogP contribution < -0.4 is 10.3 Å². The van der Waals surface area contributed by atoms with Crippen molar-refractivity contribution >= 4 is 0 Å². The summed E-state index contributed by atoms with van der Waals surface area (Å²) in [6.07, 6.45) is 7.22. The van der Waals surface area contributed by atoms with Gasteiger partial charge >= 0.3 is 0 Å². The average Bonchev–Trinajstić information content (AvgIpc) is 2.74. The predicted molar refractivity (Wildman–Crippen MR) is 113 cm³/mol. The summed E-state index contributed by atoms with van der Waals surface area (Å²) in [4.78, 5) is 12.8. The second kappa shape index (κ2) is 9.14. The van der Waals surface area contributed by atoms with Crippen LogP contribution in [0.15, 0.2) is 29.1 Å². The van der Waals surface area contributed by atoms with Crippen LogP contribution in [-0.2, 0) is 35.7 Å². The maximum atomic E-state index is 12.8. The van der Waals surface area contributed by atoms with Crippen molar-refractivity contribution in [2.24, 2.45) is 5.92 Å². The van der Waals surface area contributed by atoms with Crippen molar-refractivity contribution in [1.82, 2.24) is 4.57 Å². The van der Waals surface area contributed by atoms with Gasteiger partial charge < -0.3 is 18.8 Å². The number of benzene rings is 1. The molecule has 4 rings (SSSR count). The number of fused-ring (bicyclic) bond motifs is 3. The van der Waals surface area contributed by atoms with E-state index in [1.165, 1.54) is 37.7 Å². The summed E-state index contributed by atoms with van der Waals surface area (Å²) in [6, 6.07) is 8.04. The Labute approximate surface area is 172 Å². The van der Waals surface area contributed by atoms with Crippen LogP contribution in [0.5, 0.6) is 5.75 Å². The van der Waals surface area contributed by atoms with Crippen LogP contribution >= 0.6 is 0 Å². The lowest BCUT2D eigenvalue weighted by molar-refractivity contribution is 0.168. The molecule has 1 fully saturated rings. The Kier molecular flexibility index (Phi) is 6.36. The quantitative estimate of drug-likeness (QED) is 0.698. The summed E-state index contributed by atoms with van der Waals surface area (Å²) in [6.45, 7) is 2.48. The van der Waals surface area contributed by atoms with E-state index in [1.54, 1.807) is 20.3 Å². The van der Waals surface area contributed by atoms with Gasteiger partial charge in [0, 0.05) is 38.5 Å². The molecule has 2 heterocycles. The van der Waals surface area contributed by atoms with Crippen LogP contribution in [-0.4, -0.2) is 25.4 Å². The van der Waals surface area contributed by atoms with E-state index in [0.717, 1.165) is 28.8 Å². The molecular weight excluding hydrogens is 366 g/mol. The lowest BCUT2D eigenvalue weighted by Gasteiger charge is -2.25. The molecule has 0 radical (unpaired) electrons. The Morgan fingerprint density at radius 3 is 2.41 bits per heavy atom. The Hall–Kier alpha value is -2.11. The van der Waals surface area contributed by atoms with Gasteiger partial charge in [-0.15, -0.1) is 0 Å².